The van der Waals surface area contributed by atoms with E-state index in [1.54, 1.807) is 19.2 Å². The largest absolute Gasteiger partial charge is 0.508 e. The zero-order valence-electron chi connectivity index (χ0n) is 12.4. The standard InChI is InChI=1S/C17H21NO2/c1-17(2,3)13-7-10-16(20-4)18-15(11-13)12-5-8-14(19)9-6-12/h5-11,15,19H,1-4H3. The quantitative estimate of drug-likeness (QED) is 0.838. The summed E-state index contributed by atoms with van der Waals surface area (Å²) in [5.74, 6) is 0.870. The van der Waals surface area contributed by atoms with Crippen molar-refractivity contribution in [3.05, 3.63) is 53.6 Å². The van der Waals surface area contributed by atoms with Gasteiger partial charge in [0.05, 0.1) is 13.2 Å². The molecule has 1 unspecified atom stereocenters. The van der Waals surface area contributed by atoms with Crippen molar-refractivity contribution in [1.82, 2.24) is 0 Å². The van der Waals surface area contributed by atoms with E-state index in [0.717, 1.165) is 5.56 Å². The zero-order valence-corrected chi connectivity index (χ0v) is 12.4. The number of phenols is 1. The van der Waals surface area contributed by atoms with E-state index in [1.165, 1.54) is 5.57 Å². The molecule has 1 aliphatic rings. The average molecular weight is 271 g/mol. The molecule has 1 N–H and O–H groups in total. The van der Waals surface area contributed by atoms with Crippen molar-refractivity contribution in [3.63, 3.8) is 0 Å². The molecule has 0 aliphatic carbocycles. The van der Waals surface area contributed by atoms with Gasteiger partial charge in [-0.3, -0.25) is 0 Å². The van der Waals surface area contributed by atoms with Crippen molar-refractivity contribution in [2.45, 2.75) is 26.8 Å². The van der Waals surface area contributed by atoms with Gasteiger partial charge in [-0.2, -0.15) is 0 Å². The van der Waals surface area contributed by atoms with E-state index < -0.39 is 0 Å². The van der Waals surface area contributed by atoms with Crippen molar-refractivity contribution in [3.8, 4) is 5.75 Å². The van der Waals surface area contributed by atoms with E-state index in [2.05, 4.69) is 37.9 Å². The molecule has 0 fully saturated rings. The molecule has 1 atom stereocenters. The Balaban J connectivity index is 2.44. The summed E-state index contributed by atoms with van der Waals surface area (Å²) in [6.45, 7) is 6.53. The van der Waals surface area contributed by atoms with Crippen LogP contribution in [0.2, 0.25) is 0 Å². The molecule has 0 saturated carbocycles. The molecule has 0 radical (unpaired) electrons. The molecule has 0 amide bonds. The predicted octanol–water partition coefficient (Wildman–Crippen LogP) is 4.02. The lowest BCUT2D eigenvalue weighted by Gasteiger charge is -2.21. The lowest BCUT2D eigenvalue weighted by atomic mass is 9.84. The molecule has 1 heterocycles. The number of aliphatic imine (C=N–C) groups is 1. The molecule has 1 aliphatic heterocycles. The highest BCUT2D eigenvalue weighted by molar-refractivity contribution is 5.88. The number of phenolic OH excluding ortho intramolecular Hbond substituents is 1. The summed E-state index contributed by atoms with van der Waals surface area (Å²) >= 11 is 0. The minimum Gasteiger partial charge on any atom is -0.508 e. The molecule has 3 nitrogen and oxygen atoms in total. The van der Waals surface area contributed by atoms with Crippen molar-refractivity contribution in [2.75, 3.05) is 7.11 Å². The van der Waals surface area contributed by atoms with Crippen molar-refractivity contribution in [2.24, 2.45) is 10.4 Å². The number of aromatic hydroxyl groups is 1. The Morgan fingerprint density at radius 2 is 1.75 bits per heavy atom. The van der Waals surface area contributed by atoms with Gasteiger partial charge >= 0.3 is 0 Å². The van der Waals surface area contributed by atoms with Gasteiger partial charge < -0.3 is 9.84 Å². The Kier molecular flexibility index (Phi) is 3.98. The smallest absolute Gasteiger partial charge is 0.209 e. The van der Waals surface area contributed by atoms with Crippen LogP contribution in [-0.2, 0) is 4.74 Å². The van der Waals surface area contributed by atoms with Crippen LogP contribution in [0.4, 0.5) is 0 Å². The first-order chi connectivity index (χ1) is 9.40. The Bertz CT molecular complexity index is 560. The second-order valence-corrected chi connectivity index (χ2v) is 5.91. The number of allylic oxidation sites excluding steroid dienone is 2. The number of hydrogen-bond acceptors (Lipinski definition) is 3. The van der Waals surface area contributed by atoms with Crippen LogP contribution < -0.4 is 0 Å². The second kappa shape index (κ2) is 5.53. The van der Waals surface area contributed by atoms with Gasteiger partial charge in [0, 0.05) is 6.08 Å². The van der Waals surface area contributed by atoms with Gasteiger partial charge in [0.2, 0.25) is 5.90 Å². The second-order valence-electron chi connectivity index (χ2n) is 5.91. The molecule has 0 aromatic heterocycles. The summed E-state index contributed by atoms with van der Waals surface area (Å²) < 4.78 is 5.29. The monoisotopic (exact) mass is 271 g/mol. The summed E-state index contributed by atoms with van der Waals surface area (Å²) in [6.07, 6.45) is 6.11. The molecule has 2 rings (SSSR count). The first-order valence-electron chi connectivity index (χ1n) is 6.71. The van der Waals surface area contributed by atoms with E-state index in [1.807, 2.05) is 18.2 Å². The van der Waals surface area contributed by atoms with Crippen molar-refractivity contribution >= 4 is 5.90 Å². The molecule has 3 heteroatoms. The minimum absolute atomic E-state index is 0.0460. The Labute approximate surface area is 120 Å². The molecule has 1 aromatic rings. The zero-order chi connectivity index (χ0) is 14.8. The molecule has 106 valence electrons. The molecule has 0 bridgehead atoms. The van der Waals surface area contributed by atoms with Gasteiger partial charge in [0.1, 0.15) is 5.75 Å². The van der Waals surface area contributed by atoms with Crippen LogP contribution in [-0.4, -0.2) is 18.1 Å². The number of nitrogens with zero attached hydrogens (tertiary/aromatic N) is 1. The van der Waals surface area contributed by atoms with E-state index in [0.29, 0.717) is 5.90 Å². The summed E-state index contributed by atoms with van der Waals surface area (Å²) in [5.41, 5.74) is 2.29. The molecule has 0 saturated heterocycles. The van der Waals surface area contributed by atoms with Gasteiger partial charge in [-0.25, -0.2) is 4.99 Å². The maximum absolute atomic E-state index is 9.40. The summed E-state index contributed by atoms with van der Waals surface area (Å²) in [4.78, 5) is 4.61. The highest BCUT2D eigenvalue weighted by atomic mass is 16.5. The third-order valence-corrected chi connectivity index (χ3v) is 3.32. The summed E-state index contributed by atoms with van der Waals surface area (Å²) in [5, 5.41) is 9.40. The SMILES string of the molecule is COC1=NC(c2ccc(O)cc2)C=C(C(C)(C)C)C=C1. The predicted molar refractivity (Wildman–Crippen MR) is 82.0 cm³/mol. The first-order valence-corrected chi connectivity index (χ1v) is 6.71. The highest BCUT2D eigenvalue weighted by Gasteiger charge is 2.20. The van der Waals surface area contributed by atoms with Gasteiger partial charge in [-0.1, -0.05) is 45.1 Å². The van der Waals surface area contributed by atoms with Crippen LogP contribution in [0.3, 0.4) is 0 Å². The number of methoxy groups -OCH3 is 1. The Morgan fingerprint density at radius 1 is 1.10 bits per heavy atom. The minimum atomic E-state index is -0.102. The van der Waals surface area contributed by atoms with Gasteiger partial charge in [-0.15, -0.1) is 0 Å². The van der Waals surface area contributed by atoms with E-state index in [4.69, 9.17) is 4.74 Å². The summed E-state index contributed by atoms with van der Waals surface area (Å²) in [7, 11) is 1.62. The van der Waals surface area contributed by atoms with Crippen LogP contribution in [0.15, 0.2) is 53.1 Å². The van der Waals surface area contributed by atoms with Crippen LogP contribution in [0, 0.1) is 5.41 Å². The number of benzene rings is 1. The number of ether oxygens (including phenoxy) is 1. The topological polar surface area (TPSA) is 41.8 Å². The fourth-order valence-electron chi connectivity index (χ4n) is 2.07. The van der Waals surface area contributed by atoms with Crippen molar-refractivity contribution in [1.29, 1.82) is 0 Å². The van der Waals surface area contributed by atoms with Crippen LogP contribution in [0.5, 0.6) is 5.75 Å². The van der Waals surface area contributed by atoms with Crippen LogP contribution in [0.25, 0.3) is 0 Å². The van der Waals surface area contributed by atoms with Gasteiger partial charge in [-0.05, 0) is 28.7 Å². The van der Waals surface area contributed by atoms with E-state index in [-0.39, 0.29) is 17.2 Å². The lowest BCUT2D eigenvalue weighted by Crippen LogP contribution is -2.08. The number of hydrogen-bond donors (Lipinski definition) is 1. The Hall–Kier alpha value is -2.03. The first kappa shape index (κ1) is 14.4. The maximum Gasteiger partial charge on any atom is 0.209 e. The fourth-order valence-corrected chi connectivity index (χ4v) is 2.07. The van der Waals surface area contributed by atoms with Crippen LogP contribution >= 0.6 is 0 Å². The van der Waals surface area contributed by atoms with E-state index >= 15 is 0 Å². The molecule has 20 heavy (non-hydrogen) atoms. The third-order valence-electron chi connectivity index (χ3n) is 3.32. The molecular weight excluding hydrogens is 250 g/mol. The van der Waals surface area contributed by atoms with Gasteiger partial charge in [0.15, 0.2) is 0 Å². The highest BCUT2D eigenvalue weighted by Crippen LogP contribution is 2.33. The lowest BCUT2D eigenvalue weighted by molar-refractivity contribution is 0.403. The van der Waals surface area contributed by atoms with Gasteiger partial charge in [0.25, 0.3) is 0 Å². The molecule has 1 aromatic carbocycles. The molecular formula is C17H21NO2. The Morgan fingerprint density at radius 3 is 2.30 bits per heavy atom. The molecule has 0 spiro atoms. The summed E-state index contributed by atoms with van der Waals surface area (Å²) in [6, 6.07) is 7.04. The van der Waals surface area contributed by atoms with E-state index in [9.17, 15) is 5.11 Å². The maximum atomic E-state index is 9.40. The van der Waals surface area contributed by atoms with Crippen LogP contribution in [0.1, 0.15) is 32.4 Å². The normalized spacial score (nSPS) is 19.1. The van der Waals surface area contributed by atoms with Crippen molar-refractivity contribution < 1.29 is 9.84 Å². The third kappa shape index (κ3) is 3.29. The fraction of sp³-hybridized carbons (Fsp3) is 0.353. The number of rotatable bonds is 1. The average Bonchev–Trinajstić information content (AvgIpc) is 2.61.